The van der Waals surface area contributed by atoms with Crippen molar-refractivity contribution in [3.8, 4) is 0 Å². The third-order valence-electron chi connectivity index (χ3n) is 3.73. The number of amides is 1. The van der Waals surface area contributed by atoms with Gasteiger partial charge in [-0.15, -0.1) is 0 Å². The van der Waals surface area contributed by atoms with Crippen LogP contribution in [0.4, 0.5) is 5.69 Å². The van der Waals surface area contributed by atoms with E-state index in [1.807, 2.05) is 17.9 Å². The Morgan fingerprint density at radius 2 is 2.38 bits per heavy atom. The number of hydrogen-bond donors (Lipinski definition) is 1. The van der Waals surface area contributed by atoms with E-state index in [4.69, 9.17) is 10.3 Å². The zero-order valence-corrected chi connectivity index (χ0v) is 12.0. The third-order valence-corrected chi connectivity index (χ3v) is 3.73. The number of nitrogens with two attached hydrogens (primary N) is 1. The summed E-state index contributed by atoms with van der Waals surface area (Å²) in [6.45, 7) is 2.63. The van der Waals surface area contributed by atoms with E-state index in [0.29, 0.717) is 5.69 Å². The minimum absolute atomic E-state index is 0.00696. The highest BCUT2D eigenvalue weighted by atomic mass is 16.5. The molecule has 1 unspecified atom stereocenters. The van der Waals surface area contributed by atoms with Gasteiger partial charge in [-0.3, -0.25) is 9.78 Å². The Labute approximate surface area is 122 Å². The number of carbonyl (C=O) groups is 1. The summed E-state index contributed by atoms with van der Waals surface area (Å²) >= 11 is 0. The lowest BCUT2D eigenvalue weighted by molar-refractivity contribution is -0.131. The summed E-state index contributed by atoms with van der Waals surface area (Å²) in [5.41, 5.74) is 7.77. The Bertz CT molecular complexity index is 635. The van der Waals surface area contributed by atoms with E-state index in [-0.39, 0.29) is 18.4 Å². The standard InChI is InChI=1S/C15H18N4O2/c1-10-7-14(21-18-10)13-3-2-6-19(13)15(20)8-12-5-4-11(16)9-17-12/h4-5,7,9,13H,2-3,6,8,16H2,1H3. The normalized spacial score (nSPS) is 18.1. The lowest BCUT2D eigenvalue weighted by atomic mass is 10.1. The molecule has 2 aromatic heterocycles. The number of aryl methyl sites for hydroxylation is 1. The lowest BCUT2D eigenvalue weighted by Crippen LogP contribution is -2.31. The van der Waals surface area contributed by atoms with Crippen molar-refractivity contribution in [2.75, 3.05) is 12.3 Å². The number of pyridine rings is 1. The SMILES string of the molecule is Cc1cc(C2CCCN2C(=O)Cc2ccc(N)cn2)on1. The number of hydrogen-bond acceptors (Lipinski definition) is 5. The Balaban J connectivity index is 1.72. The average molecular weight is 286 g/mol. The molecule has 1 aliphatic heterocycles. The van der Waals surface area contributed by atoms with Crippen molar-refractivity contribution in [2.45, 2.75) is 32.2 Å². The Kier molecular flexibility index (Phi) is 3.60. The highest BCUT2D eigenvalue weighted by Gasteiger charge is 2.32. The molecule has 2 aromatic rings. The molecule has 3 heterocycles. The van der Waals surface area contributed by atoms with Gasteiger partial charge in [0.1, 0.15) is 0 Å². The predicted octanol–water partition coefficient (Wildman–Crippen LogP) is 1.87. The van der Waals surface area contributed by atoms with Crippen molar-refractivity contribution in [2.24, 2.45) is 0 Å². The van der Waals surface area contributed by atoms with Crippen molar-refractivity contribution in [3.05, 3.63) is 41.5 Å². The van der Waals surface area contributed by atoms with Crippen LogP contribution in [0, 0.1) is 6.92 Å². The minimum Gasteiger partial charge on any atom is -0.397 e. The first-order chi connectivity index (χ1) is 10.1. The quantitative estimate of drug-likeness (QED) is 0.931. The molecular weight excluding hydrogens is 268 g/mol. The van der Waals surface area contributed by atoms with Crippen LogP contribution >= 0.6 is 0 Å². The summed E-state index contributed by atoms with van der Waals surface area (Å²) in [5.74, 6) is 0.826. The average Bonchev–Trinajstić information content (AvgIpc) is 3.09. The number of nitrogens with zero attached hydrogens (tertiary/aromatic N) is 3. The molecule has 1 amide bonds. The molecule has 21 heavy (non-hydrogen) atoms. The smallest absolute Gasteiger partial charge is 0.229 e. The molecule has 0 saturated carbocycles. The van der Waals surface area contributed by atoms with Crippen LogP contribution in [0.5, 0.6) is 0 Å². The second-order valence-electron chi connectivity index (χ2n) is 5.38. The van der Waals surface area contributed by atoms with Gasteiger partial charge in [0.25, 0.3) is 0 Å². The first-order valence-corrected chi connectivity index (χ1v) is 7.06. The molecule has 0 aliphatic carbocycles. The van der Waals surface area contributed by atoms with Gasteiger partial charge >= 0.3 is 0 Å². The van der Waals surface area contributed by atoms with Gasteiger partial charge in [0.2, 0.25) is 5.91 Å². The van der Waals surface area contributed by atoms with Gasteiger partial charge in [0.15, 0.2) is 5.76 Å². The molecule has 1 saturated heterocycles. The van der Waals surface area contributed by atoms with E-state index < -0.39 is 0 Å². The number of likely N-dealkylation sites (tertiary alicyclic amines) is 1. The first kappa shape index (κ1) is 13.6. The molecule has 6 heteroatoms. The topological polar surface area (TPSA) is 85.2 Å². The van der Waals surface area contributed by atoms with Gasteiger partial charge in [0, 0.05) is 18.3 Å². The summed E-state index contributed by atoms with van der Waals surface area (Å²) < 4.78 is 5.32. The summed E-state index contributed by atoms with van der Waals surface area (Å²) in [5, 5.41) is 3.91. The monoisotopic (exact) mass is 286 g/mol. The molecule has 1 fully saturated rings. The van der Waals surface area contributed by atoms with Crippen LogP contribution in [0.15, 0.2) is 28.9 Å². The number of carbonyl (C=O) groups excluding carboxylic acids is 1. The highest BCUT2D eigenvalue weighted by Crippen LogP contribution is 2.32. The van der Waals surface area contributed by atoms with E-state index in [2.05, 4.69) is 10.1 Å². The van der Waals surface area contributed by atoms with E-state index in [9.17, 15) is 4.79 Å². The molecule has 1 atom stereocenters. The van der Waals surface area contributed by atoms with Crippen LogP contribution in [-0.2, 0) is 11.2 Å². The molecule has 0 spiro atoms. The van der Waals surface area contributed by atoms with Crippen LogP contribution in [0.2, 0.25) is 0 Å². The molecule has 6 nitrogen and oxygen atoms in total. The van der Waals surface area contributed by atoms with E-state index in [1.54, 1.807) is 18.3 Å². The summed E-state index contributed by atoms with van der Waals surface area (Å²) in [6.07, 6.45) is 3.74. The van der Waals surface area contributed by atoms with Gasteiger partial charge in [-0.05, 0) is 31.9 Å². The van der Waals surface area contributed by atoms with E-state index in [0.717, 1.165) is 36.5 Å². The van der Waals surface area contributed by atoms with Gasteiger partial charge in [-0.25, -0.2) is 0 Å². The van der Waals surface area contributed by atoms with Crippen molar-refractivity contribution >= 4 is 11.6 Å². The number of nitrogen functional groups attached to an aromatic ring is 1. The largest absolute Gasteiger partial charge is 0.397 e. The van der Waals surface area contributed by atoms with Gasteiger partial charge in [-0.1, -0.05) is 5.16 Å². The summed E-state index contributed by atoms with van der Waals surface area (Å²) in [4.78, 5) is 18.5. The van der Waals surface area contributed by atoms with Gasteiger partial charge in [-0.2, -0.15) is 0 Å². The third kappa shape index (κ3) is 2.89. The number of anilines is 1. The van der Waals surface area contributed by atoms with Crippen molar-refractivity contribution < 1.29 is 9.32 Å². The molecule has 2 N–H and O–H groups in total. The fraction of sp³-hybridized carbons (Fsp3) is 0.400. The Morgan fingerprint density at radius 1 is 1.52 bits per heavy atom. The fourth-order valence-corrected chi connectivity index (χ4v) is 2.70. The van der Waals surface area contributed by atoms with Crippen LogP contribution in [-0.4, -0.2) is 27.5 Å². The Hall–Kier alpha value is -2.37. The maximum Gasteiger partial charge on any atom is 0.229 e. The van der Waals surface area contributed by atoms with Gasteiger partial charge < -0.3 is 15.2 Å². The molecule has 110 valence electrons. The molecule has 3 rings (SSSR count). The van der Waals surface area contributed by atoms with Crippen LogP contribution in [0.25, 0.3) is 0 Å². The maximum atomic E-state index is 12.5. The molecule has 1 aliphatic rings. The van der Waals surface area contributed by atoms with Crippen molar-refractivity contribution in [1.82, 2.24) is 15.0 Å². The molecular formula is C15H18N4O2. The first-order valence-electron chi connectivity index (χ1n) is 7.06. The summed E-state index contributed by atoms with van der Waals surface area (Å²) in [7, 11) is 0. The van der Waals surface area contributed by atoms with Crippen molar-refractivity contribution in [3.63, 3.8) is 0 Å². The van der Waals surface area contributed by atoms with Crippen LogP contribution in [0.3, 0.4) is 0 Å². The number of aromatic nitrogens is 2. The Morgan fingerprint density at radius 3 is 3.05 bits per heavy atom. The van der Waals surface area contributed by atoms with Crippen LogP contribution < -0.4 is 5.73 Å². The maximum absolute atomic E-state index is 12.5. The zero-order valence-electron chi connectivity index (χ0n) is 12.0. The minimum atomic E-state index is -0.00696. The van der Waals surface area contributed by atoms with Crippen LogP contribution in [0.1, 0.15) is 36.0 Å². The predicted molar refractivity (Wildman–Crippen MR) is 77.3 cm³/mol. The second kappa shape index (κ2) is 5.55. The zero-order chi connectivity index (χ0) is 14.8. The van der Waals surface area contributed by atoms with Crippen molar-refractivity contribution in [1.29, 1.82) is 0 Å². The molecule has 0 bridgehead atoms. The van der Waals surface area contributed by atoms with E-state index in [1.165, 1.54) is 0 Å². The summed E-state index contributed by atoms with van der Waals surface area (Å²) in [6, 6.07) is 5.44. The van der Waals surface area contributed by atoms with E-state index >= 15 is 0 Å². The fourth-order valence-electron chi connectivity index (χ4n) is 2.70. The van der Waals surface area contributed by atoms with Gasteiger partial charge in [0.05, 0.1) is 30.0 Å². The number of rotatable bonds is 3. The molecule has 0 radical (unpaired) electrons. The second-order valence-corrected chi connectivity index (χ2v) is 5.38. The highest BCUT2D eigenvalue weighted by molar-refractivity contribution is 5.79. The molecule has 0 aromatic carbocycles. The lowest BCUT2D eigenvalue weighted by Gasteiger charge is -2.22.